The highest BCUT2D eigenvalue weighted by molar-refractivity contribution is 5.44. The first-order chi connectivity index (χ1) is 7.45. The van der Waals surface area contributed by atoms with E-state index in [-0.39, 0.29) is 0 Å². The molecule has 2 aromatic rings. The smallest absolute Gasteiger partial charge is 0.248 e. The summed E-state index contributed by atoms with van der Waals surface area (Å²) in [4.78, 5) is 2.14. The van der Waals surface area contributed by atoms with Gasteiger partial charge in [-0.1, -0.05) is 0 Å². The van der Waals surface area contributed by atoms with Gasteiger partial charge in [0.15, 0.2) is 5.65 Å². The molecule has 15 heavy (non-hydrogen) atoms. The summed E-state index contributed by atoms with van der Waals surface area (Å²) in [6.45, 7) is 3.16. The SMILES string of the molecule is c1cnn2c(N3CCOCC3)nnc2c1. The molecular weight excluding hydrogens is 194 g/mol. The first kappa shape index (κ1) is 8.60. The fourth-order valence-electron chi connectivity index (χ4n) is 1.69. The van der Waals surface area contributed by atoms with Gasteiger partial charge in [0, 0.05) is 19.3 Å². The lowest BCUT2D eigenvalue weighted by molar-refractivity contribution is 0.122. The van der Waals surface area contributed by atoms with E-state index in [9.17, 15) is 0 Å². The maximum Gasteiger partial charge on any atom is 0.248 e. The monoisotopic (exact) mass is 205 g/mol. The number of rotatable bonds is 1. The fraction of sp³-hybridized carbons (Fsp3) is 0.444. The van der Waals surface area contributed by atoms with Crippen LogP contribution in [0.15, 0.2) is 18.3 Å². The number of morpholine rings is 1. The normalized spacial score (nSPS) is 17.2. The predicted molar refractivity (Wildman–Crippen MR) is 53.8 cm³/mol. The Morgan fingerprint density at radius 1 is 1.20 bits per heavy atom. The first-order valence-electron chi connectivity index (χ1n) is 4.94. The third-order valence-corrected chi connectivity index (χ3v) is 2.46. The zero-order valence-corrected chi connectivity index (χ0v) is 8.20. The minimum absolute atomic E-state index is 0.738. The Hall–Kier alpha value is -1.69. The molecule has 0 N–H and O–H groups in total. The van der Waals surface area contributed by atoms with Gasteiger partial charge in [-0.2, -0.15) is 9.61 Å². The molecule has 2 aromatic heterocycles. The molecule has 0 amide bonds. The Morgan fingerprint density at radius 2 is 2.07 bits per heavy atom. The van der Waals surface area contributed by atoms with E-state index in [0.717, 1.165) is 37.9 Å². The molecule has 1 aliphatic heterocycles. The Balaban J connectivity index is 2.02. The number of ether oxygens (including phenoxy) is 1. The average Bonchev–Trinajstić information content (AvgIpc) is 2.74. The molecule has 0 saturated carbocycles. The van der Waals surface area contributed by atoms with E-state index in [1.165, 1.54) is 0 Å². The number of hydrogen-bond donors (Lipinski definition) is 0. The molecule has 3 heterocycles. The second-order valence-electron chi connectivity index (χ2n) is 3.39. The van der Waals surface area contributed by atoms with Crippen molar-refractivity contribution in [3.8, 4) is 0 Å². The lowest BCUT2D eigenvalue weighted by Crippen LogP contribution is -2.37. The van der Waals surface area contributed by atoms with Crippen LogP contribution in [0.1, 0.15) is 0 Å². The van der Waals surface area contributed by atoms with Gasteiger partial charge in [-0.25, -0.2) is 0 Å². The van der Waals surface area contributed by atoms with Crippen molar-refractivity contribution in [1.82, 2.24) is 19.8 Å². The topological polar surface area (TPSA) is 55.5 Å². The molecule has 1 fully saturated rings. The Morgan fingerprint density at radius 3 is 2.93 bits per heavy atom. The number of nitrogens with zero attached hydrogens (tertiary/aromatic N) is 5. The van der Waals surface area contributed by atoms with Crippen molar-refractivity contribution >= 4 is 11.6 Å². The fourth-order valence-corrected chi connectivity index (χ4v) is 1.69. The van der Waals surface area contributed by atoms with Crippen LogP contribution >= 0.6 is 0 Å². The van der Waals surface area contributed by atoms with Crippen LogP contribution in [0, 0.1) is 0 Å². The van der Waals surface area contributed by atoms with Crippen molar-refractivity contribution in [3.63, 3.8) is 0 Å². The van der Waals surface area contributed by atoms with Gasteiger partial charge in [-0.15, -0.1) is 10.2 Å². The molecule has 6 heteroatoms. The second kappa shape index (κ2) is 3.47. The summed E-state index contributed by atoms with van der Waals surface area (Å²) in [6.07, 6.45) is 1.74. The molecule has 0 atom stereocenters. The molecule has 0 radical (unpaired) electrons. The Kier molecular flexibility index (Phi) is 1.99. The van der Waals surface area contributed by atoms with Gasteiger partial charge in [-0.3, -0.25) is 0 Å². The van der Waals surface area contributed by atoms with Crippen LogP contribution in [-0.2, 0) is 4.74 Å². The molecule has 1 saturated heterocycles. The van der Waals surface area contributed by atoms with Gasteiger partial charge in [0.1, 0.15) is 0 Å². The number of aromatic nitrogens is 4. The van der Waals surface area contributed by atoms with Gasteiger partial charge < -0.3 is 9.64 Å². The lowest BCUT2D eigenvalue weighted by atomic mass is 10.4. The van der Waals surface area contributed by atoms with E-state index >= 15 is 0 Å². The Bertz CT molecular complexity index is 462. The van der Waals surface area contributed by atoms with E-state index in [1.807, 2.05) is 12.1 Å². The van der Waals surface area contributed by atoms with Crippen LogP contribution < -0.4 is 4.90 Å². The van der Waals surface area contributed by atoms with Crippen LogP contribution in [0.2, 0.25) is 0 Å². The van der Waals surface area contributed by atoms with Crippen molar-refractivity contribution in [3.05, 3.63) is 18.3 Å². The molecule has 0 spiro atoms. The zero-order valence-electron chi connectivity index (χ0n) is 8.20. The standard InChI is InChI=1S/C9H11N5O/c1-2-8-11-12-9(14(8)10-3-1)13-4-6-15-7-5-13/h1-3H,4-7H2. The summed E-state index contributed by atoms with van der Waals surface area (Å²) in [6, 6.07) is 3.75. The number of fused-ring (bicyclic) bond motifs is 1. The summed E-state index contributed by atoms with van der Waals surface area (Å²) < 4.78 is 7.05. The maximum atomic E-state index is 5.29. The molecule has 1 aliphatic rings. The quantitative estimate of drug-likeness (QED) is 0.654. The van der Waals surface area contributed by atoms with E-state index in [0.29, 0.717) is 0 Å². The summed E-state index contributed by atoms with van der Waals surface area (Å²) in [5.74, 6) is 0.800. The minimum Gasteiger partial charge on any atom is -0.378 e. The zero-order chi connectivity index (χ0) is 10.1. The predicted octanol–water partition coefficient (Wildman–Crippen LogP) is -0.0391. The molecule has 78 valence electrons. The lowest BCUT2D eigenvalue weighted by Gasteiger charge is -2.25. The molecular formula is C9H11N5O. The van der Waals surface area contributed by atoms with Gasteiger partial charge in [0.25, 0.3) is 0 Å². The number of hydrogen-bond acceptors (Lipinski definition) is 5. The second-order valence-corrected chi connectivity index (χ2v) is 3.39. The van der Waals surface area contributed by atoms with Crippen LogP contribution in [0.4, 0.5) is 5.95 Å². The van der Waals surface area contributed by atoms with Crippen molar-refractivity contribution < 1.29 is 4.74 Å². The molecule has 0 aromatic carbocycles. The third kappa shape index (κ3) is 1.42. The summed E-state index contributed by atoms with van der Waals surface area (Å²) in [7, 11) is 0. The van der Waals surface area contributed by atoms with E-state index in [2.05, 4.69) is 20.2 Å². The van der Waals surface area contributed by atoms with Gasteiger partial charge in [-0.05, 0) is 12.1 Å². The summed E-state index contributed by atoms with van der Waals surface area (Å²) >= 11 is 0. The van der Waals surface area contributed by atoms with Crippen LogP contribution in [-0.4, -0.2) is 46.1 Å². The van der Waals surface area contributed by atoms with Crippen molar-refractivity contribution in [2.45, 2.75) is 0 Å². The summed E-state index contributed by atoms with van der Waals surface area (Å²) in [5, 5.41) is 12.4. The van der Waals surface area contributed by atoms with Gasteiger partial charge in [0.05, 0.1) is 13.2 Å². The molecule has 0 aliphatic carbocycles. The third-order valence-electron chi connectivity index (χ3n) is 2.46. The molecule has 6 nitrogen and oxygen atoms in total. The average molecular weight is 205 g/mol. The van der Waals surface area contributed by atoms with Crippen LogP contribution in [0.25, 0.3) is 5.65 Å². The molecule has 0 bridgehead atoms. The largest absolute Gasteiger partial charge is 0.378 e. The van der Waals surface area contributed by atoms with E-state index in [1.54, 1.807) is 10.7 Å². The molecule has 0 unspecified atom stereocenters. The van der Waals surface area contributed by atoms with Crippen LogP contribution in [0.3, 0.4) is 0 Å². The highest BCUT2D eigenvalue weighted by Gasteiger charge is 2.16. The highest BCUT2D eigenvalue weighted by Crippen LogP contribution is 2.12. The van der Waals surface area contributed by atoms with Crippen molar-refractivity contribution in [1.29, 1.82) is 0 Å². The van der Waals surface area contributed by atoms with E-state index < -0.39 is 0 Å². The minimum atomic E-state index is 0.738. The first-order valence-corrected chi connectivity index (χ1v) is 4.94. The van der Waals surface area contributed by atoms with Crippen LogP contribution in [0.5, 0.6) is 0 Å². The van der Waals surface area contributed by atoms with Gasteiger partial charge >= 0.3 is 0 Å². The summed E-state index contributed by atoms with van der Waals surface area (Å²) in [5.41, 5.74) is 0.777. The maximum absolute atomic E-state index is 5.29. The highest BCUT2D eigenvalue weighted by atomic mass is 16.5. The Labute approximate surface area is 86.5 Å². The van der Waals surface area contributed by atoms with Crippen molar-refractivity contribution in [2.24, 2.45) is 0 Å². The van der Waals surface area contributed by atoms with E-state index in [4.69, 9.17) is 4.74 Å². The van der Waals surface area contributed by atoms with Crippen molar-refractivity contribution in [2.75, 3.05) is 31.2 Å². The number of anilines is 1. The molecule has 3 rings (SSSR count). The van der Waals surface area contributed by atoms with Gasteiger partial charge in [0.2, 0.25) is 5.95 Å².